The number of nitrogens with one attached hydrogen (secondary N) is 1. The molecule has 1 N–H and O–H groups in total. The molecule has 2 amide bonds. The van der Waals surface area contributed by atoms with Crippen LogP contribution in [0.5, 0.6) is 0 Å². The molecule has 0 fully saturated rings. The summed E-state index contributed by atoms with van der Waals surface area (Å²) in [6.45, 7) is 0.409. The van der Waals surface area contributed by atoms with Crippen molar-refractivity contribution in [3.8, 4) is 0 Å². The highest BCUT2D eigenvalue weighted by atomic mass is 32.2. The topological polar surface area (TPSA) is 79.0 Å². The fourth-order valence-electron chi connectivity index (χ4n) is 3.12. The van der Waals surface area contributed by atoms with E-state index in [1.54, 1.807) is 42.5 Å². The lowest BCUT2D eigenvalue weighted by atomic mass is 10.1. The van der Waals surface area contributed by atoms with E-state index in [1.807, 2.05) is 6.08 Å². The molecule has 6 nitrogen and oxygen atoms in total. The summed E-state index contributed by atoms with van der Waals surface area (Å²) in [6.07, 6.45) is 5.16. The van der Waals surface area contributed by atoms with Crippen molar-refractivity contribution in [2.45, 2.75) is 18.0 Å². The number of carbonyl (C=O) groups is 2. The number of unbranched alkanes of at least 4 members (excludes halogenated alkanes) is 1. The first-order valence-electron chi connectivity index (χ1n) is 9.56. The second-order valence-corrected chi connectivity index (χ2v) is 7.81. The van der Waals surface area contributed by atoms with Gasteiger partial charge >= 0.3 is 0 Å². The molecule has 0 radical (unpaired) electrons. The van der Waals surface area contributed by atoms with Crippen molar-refractivity contribution in [2.75, 3.05) is 12.3 Å². The predicted octanol–water partition coefficient (Wildman–Crippen LogP) is 4.28. The number of benzene rings is 2. The van der Waals surface area contributed by atoms with Gasteiger partial charge in [0.05, 0.1) is 11.1 Å². The normalized spacial score (nSPS) is 13.4. The third-order valence-electron chi connectivity index (χ3n) is 4.67. The molecule has 152 valence electrons. The minimum absolute atomic E-state index is 0.213. The van der Waals surface area contributed by atoms with E-state index >= 15 is 0 Å². The van der Waals surface area contributed by atoms with Crippen molar-refractivity contribution in [3.63, 3.8) is 0 Å². The highest BCUT2D eigenvalue weighted by molar-refractivity contribution is 7.99. The maximum absolute atomic E-state index is 12.9. The van der Waals surface area contributed by atoms with Gasteiger partial charge < -0.3 is 0 Å². The zero-order valence-corrected chi connectivity index (χ0v) is 16.9. The van der Waals surface area contributed by atoms with E-state index in [-0.39, 0.29) is 17.6 Å². The summed E-state index contributed by atoms with van der Waals surface area (Å²) < 4.78 is 12.9. The average molecular weight is 422 g/mol. The van der Waals surface area contributed by atoms with Crippen molar-refractivity contribution < 1.29 is 14.0 Å². The lowest BCUT2D eigenvalue weighted by Gasteiger charge is -2.13. The number of H-pyrrole nitrogens is 1. The Morgan fingerprint density at radius 2 is 1.67 bits per heavy atom. The second-order valence-electron chi connectivity index (χ2n) is 6.75. The Bertz CT molecular complexity index is 1060. The smallest absolute Gasteiger partial charge is 0.261 e. The first-order valence-corrected chi connectivity index (χ1v) is 10.5. The Morgan fingerprint density at radius 1 is 0.967 bits per heavy atom. The number of rotatable bonds is 8. The van der Waals surface area contributed by atoms with E-state index in [4.69, 9.17) is 0 Å². The van der Waals surface area contributed by atoms with Crippen LogP contribution in [-0.2, 0) is 0 Å². The van der Waals surface area contributed by atoms with Crippen LogP contribution in [0.25, 0.3) is 12.2 Å². The number of fused-ring (bicyclic) bond motifs is 1. The monoisotopic (exact) mass is 422 g/mol. The lowest BCUT2D eigenvalue weighted by Crippen LogP contribution is -2.30. The van der Waals surface area contributed by atoms with Gasteiger partial charge in [0.1, 0.15) is 11.6 Å². The Morgan fingerprint density at radius 3 is 2.37 bits per heavy atom. The van der Waals surface area contributed by atoms with E-state index in [1.165, 1.54) is 28.8 Å². The van der Waals surface area contributed by atoms with Gasteiger partial charge in [0.2, 0.25) is 5.16 Å². The van der Waals surface area contributed by atoms with E-state index in [0.717, 1.165) is 24.2 Å². The predicted molar refractivity (Wildman–Crippen MR) is 113 cm³/mol. The van der Waals surface area contributed by atoms with Gasteiger partial charge in [0.25, 0.3) is 11.8 Å². The molecule has 1 aliphatic heterocycles. The van der Waals surface area contributed by atoms with Crippen LogP contribution in [0.1, 0.15) is 44.9 Å². The van der Waals surface area contributed by atoms with Gasteiger partial charge in [-0.3, -0.25) is 19.6 Å². The van der Waals surface area contributed by atoms with Crippen LogP contribution in [-0.4, -0.2) is 44.2 Å². The summed E-state index contributed by atoms with van der Waals surface area (Å²) in [7, 11) is 0. The highest BCUT2D eigenvalue weighted by Gasteiger charge is 2.34. The zero-order valence-electron chi connectivity index (χ0n) is 16.0. The molecule has 0 bridgehead atoms. The highest BCUT2D eigenvalue weighted by Crippen LogP contribution is 2.23. The molecule has 1 aromatic heterocycles. The molecule has 0 saturated heterocycles. The first-order chi connectivity index (χ1) is 14.6. The number of aromatic nitrogens is 3. The molecule has 3 aromatic rings. The minimum atomic E-state index is -0.270. The number of hydrogen-bond acceptors (Lipinski definition) is 5. The van der Waals surface area contributed by atoms with Crippen molar-refractivity contribution in [1.29, 1.82) is 0 Å². The third-order valence-corrected chi connectivity index (χ3v) is 5.60. The lowest BCUT2D eigenvalue weighted by molar-refractivity contribution is 0.0652. The van der Waals surface area contributed by atoms with Crippen LogP contribution in [0.3, 0.4) is 0 Å². The van der Waals surface area contributed by atoms with E-state index in [0.29, 0.717) is 28.7 Å². The van der Waals surface area contributed by atoms with Gasteiger partial charge in [-0.1, -0.05) is 42.1 Å². The van der Waals surface area contributed by atoms with Crippen LogP contribution in [0, 0.1) is 5.82 Å². The molecule has 2 aromatic carbocycles. The Labute approximate surface area is 177 Å². The molecule has 0 unspecified atom stereocenters. The molecule has 0 spiro atoms. The Kier molecular flexibility index (Phi) is 6.04. The Balaban J connectivity index is 1.21. The number of hydrogen-bond donors (Lipinski definition) is 1. The van der Waals surface area contributed by atoms with E-state index in [9.17, 15) is 14.0 Å². The first kappa shape index (κ1) is 20.0. The van der Waals surface area contributed by atoms with Gasteiger partial charge in [-0.25, -0.2) is 9.37 Å². The van der Waals surface area contributed by atoms with Gasteiger partial charge in [0, 0.05) is 12.3 Å². The van der Waals surface area contributed by atoms with Gasteiger partial charge in [-0.15, -0.1) is 5.10 Å². The van der Waals surface area contributed by atoms with Crippen LogP contribution >= 0.6 is 11.8 Å². The molecule has 2 heterocycles. The largest absolute Gasteiger partial charge is 0.274 e. The summed E-state index contributed by atoms with van der Waals surface area (Å²) in [5.41, 5.74) is 1.84. The van der Waals surface area contributed by atoms with Gasteiger partial charge in [-0.05, 0) is 48.7 Å². The number of thioether (sulfide) groups is 1. The Hall–Kier alpha value is -3.26. The van der Waals surface area contributed by atoms with Gasteiger partial charge in [0.15, 0.2) is 0 Å². The molecule has 4 rings (SSSR count). The molecular formula is C22H19FN4O2S. The summed E-state index contributed by atoms with van der Waals surface area (Å²) in [5, 5.41) is 7.65. The molecule has 1 aliphatic rings. The zero-order chi connectivity index (χ0) is 20.9. The number of aromatic amines is 1. The van der Waals surface area contributed by atoms with Crippen molar-refractivity contribution in [2.24, 2.45) is 0 Å². The van der Waals surface area contributed by atoms with Crippen LogP contribution in [0.2, 0.25) is 0 Å². The number of amides is 2. The number of carbonyl (C=O) groups excluding carboxylic acids is 2. The second kappa shape index (κ2) is 9.04. The standard InChI is InChI=1S/C22H19FN4O2S/c23-16-10-7-15(8-11-16)9-12-19-24-22(26-25-19)30-14-4-3-13-27-20(28)17-5-1-2-6-18(17)21(27)29/h1-2,5-12H,3-4,13-14H2,(H,24,25,26)/b12-9+. The minimum Gasteiger partial charge on any atom is -0.274 e. The summed E-state index contributed by atoms with van der Waals surface area (Å²) >= 11 is 1.51. The number of imide groups is 1. The average Bonchev–Trinajstić information content (AvgIpc) is 3.31. The van der Waals surface area contributed by atoms with Crippen LogP contribution in [0.4, 0.5) is 4.39 Å². The molecule has 8 heteroatoms. The quantitative estimate of drug-likeness (QED) is 0.333. The molecular weight excluding hydrogens is 403 g/mol. The van der Waals surface area contributed by atoms with E-state index < -0.39 is 0 Å². The molecule has 30 heavy (non-hydrogen) atoms. The maximum atomic E-state index is 12.9. The maximum Gasteiger partial charge on any atom is 0.261 e. The van der Waals surface area contributed by atoms with Crippen molar-refractivity contribution >= 4 is 35.7 Å². The molecule has 0 aliphatic carbocycles. The molecule has 0 atom stereocenters. The fourth-order valence-corrected chi connectivity index (χ4v) is 3.93. The van der Waals surface area contributed by atoms with Crippen LogP contribution < -0.4 is 0 Å². The molecule has 0 saturated carbocycles. The van der Waals surface area contributed by atoms with Crippen molar-refractivity contribution in [1.82, 2.24) is 20.1 Å². The summed E-state index contributed by atoms with van der Waals surface area (Å²) in [6, 6.07) is 13.1. The fraction of sp³-hybridized carbons (Fsp3) is 0.182. The van der Waals surface area contributed by atoms with Gasteiger partial charge in [-0.2, -0.15) is 0 Å². The van der Waals surface area contributed by atoms with Crippen molar-refractivity contribution in [3.05, 3.63) is 76.9 Å². The number of nitrogens with zero attached hydrogens (tertiary/aromatic N) is 3. The van der Waals surface area contributed by atoms with E-state index in [2.05, 4.69) is 15.2 Å². The third kappa shape index (κ3) is 4.49. The number of halogens is 1. The summed E-state index contributed by atoms with van der Waals surface area (Å²) in [4.78, 5) is 30.4. The van der Waals surface area contributed by atoms with Crippen LogP contribution in [0.15, 0.2) is 53.7 Å². The SMILES string of the molecule is O=C1c2ccccc2C(=O)N1CCCCSc1n[nH]c(/C=C/c2ccc(F)cc2)n1. The summed E-state index contributed by atoms with van der Waals surface area (Å²) in [5.74, 6) is 0.702.